The molecule has 0 saturated heterocycles. The minimum atomic E-state index is -1.09. The Bertz CT molecular complexity index is 841. The number of aryl methyl sites for hydroxylation is 1. The molecule has 2 heterocycles. The first-order valence-corrected chi connectivity index (χ1v) is 8.31. The molecule has 5 heteroatoms. The summed E-state index contributed by atoms with van der Waals surface area (Å²) < 4.78 is 0. The number of fused-ring (bicyclic) bond motifs is 1. The second-order valence-electron chi connectivity index (χ2n) is 5.80. The number of aliphatic hydroxyl groups is 1. The van der Waals surface area contributed by atoms with E-state index in [-0.39, 0.29) is 12.5 Å². The Hall–Kier alpha value is -2.24. The molecule has 3 rings (SSSR count). The maximum Gasteiger partial charge on any atom is 0.253 e. The van der Waals surface area contributed by atoms with E-state index in [0.717, 1.165) is 16.6 Å². The fraction of sp³-hybridized carbons (Fsp3) is 0.222. The summed E-state index contributed by atoms with van der Waals surface area (Å²) in [5, 5.41) is 18.0. The molecule has 0 aliphatic carbocycles. The van der Waals surface area contributed by atoms with Gasteiger partial charge < -0.3 is 10.4 Å². The highest BCUT2D eigenvalue weighted by atomic mass is 32.1. The maximum atomic E-state index is 12.5. The first-order valence-electron chi connectivity index (χ1n) is 7.37. The molecule has 2 N–H and O–H groups in total. The molecule has 1 amide bonds. The highest BCUT2D eigenvalue weighted by molar-refractivity contribution is 7.08. The zero-order valence-electron chi connectivity index (χ0n) is 13.0. The summed E-state index contributed by atoms with van der Waals surface area (Å²) >= 11 is 1.52. The number of amides is 1. The van der Waals surface area contributed by atoms with Crippen molar-refractivity contribution in [1.29, 1.82) is 0 Å². The van der Waals surface area contributed by atoms with Crippen molar-refractivity contribution in [3.8, 4) is 0 Å². The van der Waals surface area contributed by atoms with Gasteiger partial charge in [-0.1, -0.05) is 18.2 Å². The van der Waals surface area contributed by atoms with Gasteiger partial charge in [-0.2, -0.15) is 11.3 Å². The largest absolute Gasteiger partial charge is 0.384 e. The van der Waals surface area contributed by atoms with Gasteiger partial charge in [0.15, 0.2) is 0 Å². The first kappa shape index (κ1) is 15.6. The van der Waals surface area contributed by atoms with E-state index in [0.29, 0.717) is 11.1 Å². The molecular formula is C18H18N2O2S. The van der Waals surface area contributed by atoms with Crippen molar-refractivity contribution in [3.63, 3.8) is 0 Å². The number of para-hydroxylation sites is 1. The van der Waals surface area contributed by atoms with Crippen LogP contribution in [0.1, 0.15) is 28.5 Å². The van der Waals surface area contributed by atoms with Gasteiger partial charge in [0, 0.05) is 11.1 Å². The lowest BCUT2D eigenvalue weighted by atomic mass is 9.99. The molecule has 1 atom stereocenters. The van der Waals surface area contributed by atoms with Gasteiger partial charge in [-0.3, -0.25) is 9.78 Å². The molecule has 0 radical (unpaired) electrons. The Morgan fingerprint density at radius 3 is 2.87 bits per heavy atom. The minimum Gasteiger partial charge on any atom is -0.384 e. The molecule has 118 valence electrons. The first-order chi connectivity index (χ1) is 11.0. The number of thiophene rings is 1. The summed E-state index contributed by atoms with van der Waals surface area (Å²) in [5.74, 6) is -0.232. The summed E-state index contributed by atoms with van der Waals surface area (Å²) in [7, 11) is 0. The fourth-order valence-corrected chi connectivity index (χ4v) is 3.23. The van der Waals surface area contributed by atoms with Crippen molar-refractivity contribution < 1.29 is 9.90 Å². The molecule has 0 saturated carbocycles. The molecule has 4 nitrogen and oxygen atoms in total. The summed E-state index contributed by atoms with van der Waals surface area (Å²) in [5.41, 5.74) is 1.77. The molecule has 3 aromatic rings. The van der Waals surface area contributed by atoms with Gasteiger partial charge in [-0.05, 0) is 48.4 Å². The van der Waals surface area contributed by atoms with Gasteiger partial charge in [0.2, 0.25) is 0 Å². The predicted molar refractivity (Wildman–Crippen MR) is 92.7 cm³/mol. The number of nitrogens with one attached hydrogen (secondary N) is 1. The number of rotatable bonds is 4. The molecule has 1 aromatic carbocycles. The van der Waals surface area contributed by atoms with Crippen LogP contribution in [0.15, 0.2) is 47.2 Å². The molecule has 0 spiro atoms. The van der Waals surface area contributed by atoms with Crippen LogP contribution in [0.25, 0.3) is 10.9 Å². The van der Waals surface area contributed by atoms with Crippen LogP contribution < -0.4 is 5.32 Å². The number of hydrogen-bond acceptors (Lipinski definition) is 4. The number of carbonyl (C=O) groups excluding carboxylic acids is 1. The highest BCUT2D eigenvalue weighted by Crippen LogP contribution is 2.23. The van der Waals surface area contributed by atoms with Gasteiger partial charge >= 0.3 is 0 Å². The molecule has 0 fully saturated rings. The average Bonchev–Trinajstić information content (AvgIpc) is 3.07. The van der Waals surface area contributed by atoms with Crippen LogP contribution >= 0.6 is 11.3 Å². The number of benzene rings is 1. The number of nitrogens with zero attached hydrogens (tertiary/aromatic N) is 1. The quantitative estimate of drug-likeness (QED) is 0.774. The number of aromatic nitrogens is 1. The van der Waals surface area contributed by atoms with E-state index in [9.17, 15) is 9.90 Å². The van der Waals surface area contributed by atoms with Crippen LogP contribution in [-0.4, -0.2) is 22.5 Å². The summed E-state index contributed by atoms with van der Waals surface area (Å²) in [4.78, 5) is 17.0. The van der Waals surface area contributed by atoms with Crippen LogP contribution in [0.5, 0.6) is 0 Å². The van der Waals surface area contributed by atoms with Crippen LogP contribution in [0, 0.1) is 6.92 Å². The normalized spacial score (nSPS) is 13.7. The lowest BCUT2D eigenvalue weighted by Crippen LogP contribution is -2.38. The van der Waals surface area contributed by atoms with Gasteiger partial charge in [0.05, 0.1) is 17.6 Å². The third kappa shape index (κ3) is 3.25. The Kier molecular flexibility index (Phi) is 4.15. The lowest BCUT2D eigenvalue weighted by Gasteiger charge is -2.23. The summed E-state index contributed by atoms with van der Waals surface area (Å²) in [6, 6.07) is 11.3. The smallest absolute Gasteiger partial charge is 0.253 e. The number of hydrogen-bond donors (Lipinski definition) is 2. The zero-order valence-corrected chi connectivity index (χ0v) is 13.9. The molecule has 1 unspecified atom stereocenters. The molecule has 0 bridgehead atoms. The highest BCUT2D eigenvalue weighted by Gasteiger charge is 2.24. The average molecular weight is 326 g/mol. The second kappa shape index (κ2) is 6.10. The third-order valence-electron chi connectivity index (χ3n) is 3.84. The van der Waals surface area contributed by atoms with Gasteiger partial charge in [0.1, 0.15) is 5.60 Å². The Morgan fingerprint density at radius 2 is 2.13 bits per heavy atom. The van der Waals surface area contributed by atoms with Gasteiger partial charge in [-0.15, -0.1) is 0 Å². The van der Waals surface area contributed by atoms with Crippen molar-refractivity contribution in [2.24, 2.45) is 0 Å². The van der Waals surface area contributed by atoms with Crippen LogP contribution in [-0.2, 0) is 5.60 Å². The van der Waals surface area contributed by atoms with Crippen molar-refractivity contribution in [2.75, 3.05) is 6.54 Å². The zero-order chi connectivity index (χ0) is 16.4. The van der Waals surface area contributed by atoms with Crippen LogP contribution in [0.3, 0.4) is 0 Å². The van der Waals surface area contributed by atoms with Gasteiger partial charge in [0.25, 0.3) is 5.91 Å². The topological polar surface area (TPSA) is 62.2 Å². The summed E-state index contributed by atoms with van der Waals surface area (Å²) in [6.45, 7) is 3.74. The van der Waals surface area contributed by atoms with E-state index < -0.39 is 5.60 Å². The third-order valence-corrected chi connectivity index (χ3v) is 4.52. The molecular weight excluding hydrogens is 308 g/mol. The van der Waals surface area contributed by atoms with Crippen molar-refractivity contribution in [2.45, 2.75) is 19.4 Å². The molecule has 2 aromatic heterocycles. The Balaban J connectivity index is 1.83. The molecule has 0 aliphatic rings. The minimum absolute atomic E-state index is 0.144. The lowest BCUT2D eigenvalue weighted by molar-refractivity contribution is 0.0530. The Labute approximate surface area is 138 Å². The van der Waals surface area contributed by atoms with Crippen molar-refractivity contribution >= 4 is 28.1 Å². The summed E-state index contributed by atoms with van der Waals surface area (Å²) in [6.07, 6.45) is 0. The van der Waals surface area contributed by atoms with E-state index in [2.05, 4.69) is 10.3 Å². The SMILES string of the molecule is Cc1ccc2cccc(C(=O)NCC(C)(O)c3ccsc3)c2n1. The monoisotopic (exact) mass is 326 g/mol. The standard InChI is InChI=1S/C18H18N2O2S/c1-12-6-7-13-4-3-5-15(16(13)20-12)17(21)19-11-18(2,22)14-8-9-23-10-14/h3-10,22H,11H2,1-2H3,(H,19,21). The Morgan fingerprint density at radius 1 is 1.30 bits per heavy atom. The van der Waals surface area contributed by atoms with E-state index in [4.69, 9.17) is 0 Å². The molecule has 23 heavy (non-hydrogen) atoms. The van der Waals surface area contributed by atoms with Crippen LogP contribution in [0.2, 0.25) is 0 Å². The van der Waals surface area contributed by atoms with E-state index in [1.807, 2.05) is 48.0 Å². The maximum absolute atomic E-state index is 12.5. The van der Waals surface area contributed by atoms with E-state index >= 15 is 0 Å². The number of carbonyl (C=O) groups is 1. The van der Waals surface area contributed by atoms with Crippen molar-refractivity contribution in [1.82, 2.24) is 10.3 Å². The van der Waals surface area contributed by atoms with Crippen molar-refractivity contribution in [3.05, 3.63) is 64.0 Å². The number of pyridine rings is 1. The van der Waals surface area contributed by atoms with E-state index in [1.54, 1.807) is 13.0 Å². The predicted octanol–water partition coefficient (Wildman–Crippen LogP) is 3.24. The van der Waals surface area contributed by atoms with E-state index in [1.165, 1.54) is 11.3 Å². The van der Waals surface area contributed by atoms with Gasteiger partial charge in [-0.25, -0.2) is 0 Å². The fourth-order valence-electron chi connectivity index (χ4n) is 2.45. The second-order valence-corrected chi connectivity index (χ2v) is 6.58. The molecule has 0 aliphatic heterocycles. The van der Waals surface area contributed by atoms with Crippen LogP contribution in [0.4, 0.5) is 0 Å².